The van der Waals surface area contributed by atoms with Crippen molar-refractivity contribution in [1.29, 1.82) is 5.26 Å². The molecule has 2 N–H and O–H groups in total. The highest BCUT2D eigenvalue weighted by atomic mass is 32.2. The second-order valence-corrected chi connectivity index (χ2v) is 9.05. The molecule has 134 valence electrons. The third kappa shape index (κ3) is 4.18. The lowest BCUT2D eigenvalue weighted by molar-refractivity contribution is 0.413. The zero-order valence-corrected chi connectivity index (χ0v) is 15.8. The van der Waals surface area contributed by atoms with Crippen molar-refractivity contribution in [1.82, 2.24) is 9.29 Å². The number of hydrogen-bond donors (Lipinski definition) is 1. The number of nitrogen functional groups attached to an aromatic ring is 1. The molecule has 0 atom stereocenters. The quantitative estimate of drug-likeness (QED) is 0.894. The van der Waals surface area contributed by atoms with E-state index in [1.54, 1.807) is 18.2 Å². The summed E-state index contributed by atoms with van der Waals surface area (Å²) in [4.78, 5) is 4.31. The molecule has 0 aliphatic heterocycles. The fourth-order valence-corrected chi connectivity index (χ4v) is 2.57. The van der Waals surface area contributed by atoms with E-state index < -0.39 is 10.0 Å². The van der Waals surface area contributed by atoms with Crippen molar-refractivity contribution in [2.75, 3.05) is 19.0 Å². The minimum Gasteiger partial charge on any atom is -0.460 e. The number of hydrogen-bond acceptors (Lipinski definition) is 6. The molecule has 0 radical (unpaired) electrons. The topological polar surface area (TPSA) is 113 Å². The van der Waals surface area contributed by atoms with Crippen LogP contribution in [0, 0.1) is 11.3 Å². The molecule has 8 heteroatoms. The van der Waals surface area contributed by atoms with E-state index in [2.05, 4.69) is 11.1 Å². The van der Waals surface area contributed by atoms with Crippen molar-refractivity contribution in [3.05, 3.63) is 35.2 Å². The lowest BCUT2D eigenvalue weighted by atomic mass is 9.89. The van der Waals surface area contributed by atoms with E-state index in [4.69, 9.17) is 10.2 Å². The van der Waals surface area contributed by atoms with Gasteiger partial charge in [-0.25, -0.2) is 13.4 Å². The van der Waals surface area contributed by atoms with E-state index in [-0.39, 0.29) is 23.3 Å². The summed E-state index contributed by atoms with van der Waals surface area (Å²) in [6.45, 7) is 6.10. The first kappa shape index (κ1) is 19.0. The highest BCUT2D eigenvalue weighted by molar-refractivity contribution is 7.88. The van der Waals surface area contributed by atoms with Crippen LogP contribution in [0.4, 0.5) is 5.82 Å². The van der Waals surface area contributed by atoms with E-state index in [1.807, 2.05) is 20.8 Å². The third-order valence-electron chi connectivity index (χ3n) is 3.80. The second-order valence-electron chi connectivity index (χ2n) is 6.96. The van der Waals surface area contributed by atoms with Crippen molar-refractivity contribution in [2.45, 2.75) is 32.7 Å². The number of nitrogens with zero attached hydrogens (tertiary/aromatic N) is 3. The van der Waals surface area contributed by atoms with Crippen molar-refractivity contribution in [3.63, 3.8) is 0 Å². The molecular formula is C17H22N4O3S. The molecule has 0 saturated heterocycles. The van der Waals surface area contributed by atoms with Crippen LogP contribution in [-0.2, 0) is 22.0 Å². The normalized spacial score (nSPS) is 12.4. The molecule has 0 saturated carbocycles. The number of sulfonamides is 1. The van der Waals surface area contributed by atoms with Crippen LogP contribution in [0.15, 0.2) is 22.6 Å². The lowest BCUT2D eigenvalue weighted by Gasteiger charge is -2.19. The van der Waals surface area contributed by atoms with Crippen LogP contribution >= 0.6 is 0 Å². The highest BCUT2D eigenvalue weighted by Gasteiger charge is 2.22. The van der Waals surface area contributed by atoms with Crippen molar-refractivity contribution < 1.29 is 12.8 Å². The van der Waals surface area contributed by atoms with Crippen molar-refractivity contribution in [2.24, 2.45) is 0 Å². The van der Waals surface area contributed by atoms with Gasteiger partial charge in [-0.3, -0.25) is 0 Å². The fraction of sp³-hybridized carbons (Fsp3) is 0.412. The summed E-state index contributed by atoms with van der Waals surface area (Å²) >= 11 is 0. The molecule has 0 fully saturated rings. The standard InChI is InChI=1S/C17H22N4O3S/c1-17(2,3)15-8-12(13(9-18)16(19)20-15)14-7-6-11(24-14)10-21(4)25(5,22)23/h6-8H,10H2,1-5H3,(H2,19,20). The van der Waals surface area contributed by atoms with Gasteiger partial charge in [0.2, 0.25) is 10.0 Å². The van der Waals surface area contributed by atoms with Crippen LogP contribution in [0.1, 0.15) is 37.8 Å². The summed E-state index contributed by atoms with van der Waals surface area (Å²) in [6.07, 6.45) is 1.13. The van der Waals surface area contributed by atoms with E-state index in [9.17, 15) is 13.7 Å². The number of rotatable bonds is 4. The molecule has 2 aromatic heterocycles. The van der Waals surface area contributed by atoms with Gasteiger partial charge in [-0.15, -0.1) is 0 Å². The molecule has 2 rings (SSSR count). The zero-order valence-electron chi connectivity index (χ0n) is 15.0. The summed E-state index contributed by atoms with van der Waals surface area (Å²) in [5.41, 5.74) is 7.23. The Bertz CT molecular complexity index is 934. The number of pyridine rings is 1. The van der Waals surface area contributed by atoms with Crippen LogP contribution in [0.3, 0.4) is 0 Å². The molecule has 0 aliphatic rings. The Hall–Kier alpha value is -2.37. The summed E-state index contributed by atoms with van der Waals surface area (Å²) in [5, 5.41) is 9.41. The maximum Gasteiger partial charge on any atom is 0.211 e. The molecule has 0 spiro atoms. The third-order valence-corrected chi connectivity index (χ3v) is 5.06. The molecule has 7 nitrogen and oxygen atoms in total. The maximum atomic E-state index is 11.5. The molecular weight excluding hydrogens is 340 g/mol. The molecule has 0 bridgehead atoms. The van der Waals surface area contributed by atoms with Gasteiger partial charge in [0.1, 0.15) is 29.0 Å². The minimum absolute atomic E-state index is 0.105. The first-order chi connectivity index (χ1) is 11.4. The number of furan rings is 1. The van der Waals surface area contributed by atoms with E-state index >= 15 is 0 Å². The predicted molar refractivity (Wildman–Crippen MR) is 96.1 cm³/mol. The van der Waals surface area contributed by atoms with Crippen molar-refractivity contribution >= 4 is 15.8 Å². The van der Waals surface area contributed by atoms with Gasteiger partial charge in [-0.2, -0.15) is 9.57 Å². The molecule has 0 aromatic carbocycles. The van der Waals surface area contributed by atoms with Gasteiger partial charge in [0.15, 0.2) is 0 Å². The Balaban J connectivity index is 2.49. The molecule has 0 amide bonds. The lowest BCUT2D eigenvalue weighted by Crippen LogP contribution is -2.24. The van der Waals surface area contributed by atoms with Crippen LogP contribution in [0.2, 0.25) is 0 Å². The van der Waals surface area contributed by atoms with Crippen LogP contribution in [0.25, 0.3) is 11.3 Å². The van der Waals surface area contributed by atoms with Gasteiger partial charge in [-0.05, 0) is 18.2 Å². The summed E-state index contributed by atoms with van der Waals surface area (Å²) < 4.78 is 30.0. The van der Waals surface area contributed by atoms with Crippen LogP contribution in [0.5, 0.6) is 0 Å². The summed E-state index contributed by atoms with van der Waals surface area (Å²) in [7, 11) is -1.84. The summed E-state index contributed by atoms with van der Waals surface area (Å²) in [5.74, 6) is 1.07. The number of anilines is 1. The molecule has 0 unspecified atom stereocenters. The Kier molecular flexibility index (Phi) is 4.93. The molecule has 2 heterocycles. The van der Waals surface area contributed by atoms with Gasteiger partial charge >= 0.3 is 0 Å². The fourth-order valence-electron chi connectivity index (χ4n) is 2.21. The van der Waals surface area contributed by atoms with Gasteiger partial charge in [0.25, 0.3) is 0 Å². The largest absolute Gasteiger partial charge is 0.460 e. The number of aromatic nitrogens is 1. The van der Waals surface area contributed by atoms with Gasteiger partial charge in [0.05, 0.1) is 12.8 Å². The van der Waals surface area contributed by atoms with Crippen LogP contribution < -0.4 is 5.73 Å². The molecule has 2 aromatic rings. The molecule has 0 aliphatic carbocycles. The zero-order chi connectivity index (χ0) is 19.0. The average Bonchev–Trinajstić information content (AvgIpc) is 2.92. The van der Waals surface area contributed by atoms with Crippen molar-refractivity contribution in [3.8, 4) is 17.4 Å². The number of nitriles is 1. The first-order valence-corrected chi connectivity index (χ1v) is 9.50. The van der Waals surface area contributed by atoms with E-state index in [0.29, 0.717) is 17.1 Å². The van der Waals surface area contributed by atoms with E-state index in [0.717, 1.165) is 11.9 Å². The van der Waals surface area contributed by atoms with Crippen LogP contribution in [-0.4, -0.2) is 31.0 Å². The Morgan fingerprint density at radius 2 is 2.00 bits per heavy atom. The average molecular weight is 362 g/mol. The minimum atomic E-state index is -3.31. The Labute approximate surface area is 148 Å². The first-order valence-electron chi connectivity index (χ1n) is 7.65. The van der Waals surface area contributed by atoms with E-state index in [1.165, 1.54) is 11.4 Å². The van der Waals surface area contributed by atoms with Gasteiger partial charge in [-0.1, -0.05) is 20.8 Å². The number of nitrogens with two attached hydrogens (primary N) is 1. The SMILES string of the molecule is CN(Cc1ccc(-c2cc(C(C)(C)C)nc(N)c2C#N)o1)S(C)(=O)=O. The maximum absolute atomic E-state index is 11.5. The Morgan fingerprint density at radius 3 is 2.52 bits per heavy atom. The van der Waals surface area contributed by atoms with Gasteiger partial charge in [0, 0.05) is 23.7 Å². The van der Waals surface area contributed by atoms with Gasteiger partial charge < -0.3 is 10.2 Å². The predicted octanol–water partition coefficient (Wildman–Crippen LogP) is 2.48. The molecule has 25 heavy (non-hydrogen) atoms. The second kappa shape index (κ2) is 6.50. The summed E-state index contributed by atoms with van der Waals surface area (Å²) in [6, 6.07) is 7.24. The highest BCUT2D eigenvalue weighted by Crippen LogP contribution is 2.32. The Morgan fingerprint density at radius 1 is 1.36 bits per heavy atom. The smallest absolute Gasteiger partial charge is 0.211 e. The monoisotopic (exact) mass is 362 g/mol.